The van der Waals surface area contributed by atoms with Crippen molar-refractivity contribution in [1.82, 2.24) is 5.32 Å². The van der Waals surface area contributed by atoms with Crippen LogP contribution in [0.5, 0.6) is 0 Å². The summed E-state index contributed by atoms with van der Waals surface area (Å²) in [6.45, 7) is 1.93. The van der Waals surface area contributed by atoms with Gasteiger partial charge in [0.15, 0.2) is 0 Å². The number of nitrogens with one attached hydrogen (secondary N) is 1. The van der Waals surface area contributed by atoms with Crippen molar-refractivity contribution >= 4 is 27.8 Å². The van der Waals surface area contributed by atoms with Gasteiger partial charge in [0.25, 0.3) is 0 Å². The Kier molecular flexibility index (Phi) is 5.04. The Balaban J connectivity index is 1.90. The quantitative estimate of drug-likeness (QED) is 0.790. The fourth-order valence-corrected chi connectivity index (χ4v) is 2.80. The summed E-state index contributed by atoms with van der Waals surface area (Å²) in [4.78, 5) is 23.0. The summed E-state index contributed by atoms with van der Waals surface area (Å²) in [5.41, 5.74) is 0.683. The first-order valence-electron chi connectivity index (χ1n) is 7.23. The highest BCUT2D eigenvalue weighted by atomic mass is 79.9. The molecule has 1 atom stereocenters. The monoisotopic (exact) mass is 353 g/mol. The van der Waals surface area contributed by atoms with Crippen LogP contribution in [0.2, 0.25) is 0 Å². The van der Waals surface area contributed by atoms with E-state index < -0.39 is 5.97 Å². The smallest absolute Gasteiger partial charge is 0.303 e. The van der Waals surface area contributed by atoms with Crippen molar-refractivity contribution in [2.75, 3.05) is 0 Å². The van der Waals surface area contributed by atoms with Gasteiger partial charge in [-0.1, -0.05) is 28.1 Å². The molecule has 0 bridgehead atoms. The number of aliphatic carboxylic acids is 1. The van der Waals surface area contributed by atoms with Crippen molar-refractivity contribution in [3.63, 3.8) is 0 Å². The summed E-state index contributed by atoms with van der Waals surface area (Å²) in [6.07, 6.45) is 3.18. The zero-order valence-electron chi connectivity index (χ0n) is 12.1. The number of carbonyl (C=O) groups is 2. The highest BCUT2D eigenvalue weighted by Gasteiger charge is 2.51. The van der Waals surface area contributed by atoms with Gasteiger partial charge in [-0.15, -0.1) is 0 Å². The summed E-state index contributed by atoms with van der Waals surface area (Å²) in [7, 11) is 0. The molecule has 0 spiro atoms. The molecule has 2 rings (SSSR count). The molecule has 5 heteroatoms. The second-order valence-corrected chi connectivity index (χ2v) is 6.67. The van der Waals surface area contributed by atoms with Crippen molar-refractivity contribution in [3.8, 4) is 0 Å². The maximum Gasteiger partial charge on any atom is 0.303 e. The van der Waals surface area contributed by atoms with Crippen LogP contribution in [0.25, 0.3) is 0 Å². The molecule has 0 heterocycles. The molecule has 21 heavy (non-hydrogen) atoms. The normalized spacial score (nSPS) is 17.0. The van der Waals surface area contributed by atoms with E-state index in [1.54, 1.807) is 0 Å². The molecule has 0 radical (unpaired) electrons. The van der Waals surface area contributed by atoms with Crippen LogP contribution in [0.15, 0.2) is 28.7 Å². The van der Waals surface area contributed by atoms with Gasteiger partial charge in [-0.25, -0.2) is 0 Å². The highest BCUT2D eigenvalue weighted by Crippen LogP contribution is 2.48. The first kappa shape index (κ1) is 16.0. The first-order valence-corrected chi connectivity index (χ1v) is 8.02. The van der Waals surface area contributed by atoms with E-state index in [2.05, 4.69) is 21.2 Å². The van der Waals surface area contributed by atoms with Gasteiger partial charge >= 0.3 is 5.97 Å². The average Bonchev–Trinajstić information content (AvgIpc) is 3.20. The fourth-order valence-electron chi connectivity index (χ4n) is 2.53. The molecule has 1 saturated carbocycles. The van der Waals surface area contributed by atoms with Gasteiger partial charge in [0.1, 0.15) is 0 Å². The van der Waals surface area contributed by atoms with Gasteiger partial charge in [-0.3, -0.25) is 9.59 Å². The molecule has 4 nitrogen and oxygen atoms in total. The van der Waals surface area contributed by atoms with Crippen LogP contribution in [0, 0.1) is 0 Å². The number of rotatable bonds is 7. The maximum atomic E-state index is 12.5. The number of carbonyl (C=O) groups excluding carboxylic acids is 1. The van der Waals surface area contributed by atoms with E-state index in [1.807, 2.05) is 31.2 Å². The molecule has 1 aromatic rings. The number of carboxylic acid groups (broad SMARTS) is 1. The van der Waals surface area contributed by atoms with E-state index >= 15 is 0 Å². The molecular formula is C16H20BrNO3. The van der Waals surface area contributed by atoms with Crippen molar-refractivity contribution in [2.45, 2.75) is 50.5 Å². The lowest BCUT2D eigenvalue weighted by Gasteiger charge is -2.20. The van der Waals surface area contributed by atoms with Crippen LogP contribution in [-0.2, 0) is 15.0 Å². The van der Waals surface area contributed by atoms with Gasteiger partial charge in [0.2, 0.25) is 5.91 Å². The number of hydrogen-bond acceptors (Lipinski definition) is 2. The standard InChI is InChI=1S/C16H20BrNO3/c1-11(3-2-4-14(19)20)18-15(21)16(9-10-16)12-5-7-13(17)8-6-12/h5-8,11H,2-4,9-10H2,1H3,(H,18,21)(H,19,20). The van der Waals surface area contributed by atoms with Crippen molar-refractivity contribution in [2.24, 2.45) is 0 Å². The van der Waals surface area contributed by atoms with E-state index in [-0.39, 0.29) is 23.8 Å². The van der Waals surface area contributed by atoms with Gasteiger partial charge in [-0.2, -0.15) is 0 Å². The largest absolute Gasteiger partial charge is 0.481 e. The predicted octanol–water partition coefficient (Wildman–Crippen LogP) is 3.24. The number of amides is 1. The van der Waals surface area contributed by atoms with Crippen molar-refractivity contribution in [1.29, 1.82) is 0 Å². The van der Waals surface area contributed by atoms with E-state index in [0.29, 0.717) is 12.8 Å². The maximum absolute atomic E-state index is 12.5. The number of halogens is 1. The predicted molar refractivity (Wildman–Crippen MR) is 84.1 cm³/mol. The highest BCUT2D eigenvalue weighted by molar-refractivity contribution is 9.10. The first-order chi connectivity index (χ1) is 9.94. The van der Waals surface area contributed by atoms with E-state index in [4.69, 9.17) is 5.11 Å². The summed E-state index contributed by atoms with van der Waals surface area (Å²) in [6, 6.07) is 7.90. The lowest BCUT2D eigenvalue weighted by molar-refractivity contribution is -0.137. The molecule has 1 amide bonds. The van der Waals surface area contributed by atoms with Crippen LogP contribution in [-0.4, -0.2) is 23.0 Å². The molecule has 1 aromatic carbocycles. The molecule has 0 aromatic heterocycles. The van der Waals surface area contributed by atoms with E-state index in [0.717, 1.165) is 22.9 Å². The zero-order valence-corrected chi connectivity index (χ0v) is 13.6. The van der Waals surface area contributed by atoms with Crippen molar-refractivity contribution < 1.29 is 14.7 Å². The topological polar surface area (TPSA) is 66.4 Å². The van der Waals surface area contributed by atoms with Crippen LogP contribution in [0.4, 0.5) is 0 Å². The fraction of sp³-hybridized carbons (Fsp3) is 0.500. The lowest BCUT2D eigenvalue weighted by atomic mass is 9.94. The van der Waals surface area contributed by atoms with Gasteiger partial charge in [0, 0.05) is 16.9 Å². The molecule has 0 saturated heterocycles. The Bertz CT molecular complexity index is 523. The molecule has 1 fully saturated rings. The molecular weight excluding hydrogens is 334 g/mol. The third-order valence-corrected chi connectivity index (χ3v) is 4.52. The Morgan fingerprint density at radius 2 is 1.95 bits per heavy atom. The molecule has 1 aliphatic carbocycles. The van der Waals surface area contributed by atoms with Crippen molar-refractivity contribution in [3.05, 3.63) is 34.3 Å². The second-order valence-electron chi connectivity index (χ2n) is 5.75. The zero-order chi connectivity index (χ0) is 15.5. The summed E-state index contributed by atoms with van der Waals surface area (Å²) >= 11 is 3.40. The summed E-state index contributed by atoms with van der Waals surface area (Å²) < 4.78 is 1.00. The second kappa shape index (κ2) is 6.60. The van der Waals surface area contributed by atoms with Gasteiger partial charge in [0.05, 0.1) is 5.41 Å². The molecule has 2 N–H and O–H groups in total. The number of hydrogen-bond donors (Lipinski definition) is 2. The van der Waals surface area contributed by atoms with Crippen LogP contribution in [0.1, 0.15) is 44.6 Å². The summed E-state index contributed by atoms with van der Waals surface area (Å²) in [5.74, 6) is -0.727. The minimum atomic E-state index is -0.790. The number of benzene rings is 1. The van der Waals surface area contributed by atoms with E-state index in [9.17, 15) is 9.59 Å². The Morgan fingerprint density at radius 1 is 1.33 bits per heavy atom. The SMILES string of the molecule is CC(CCCC(=O)O)NC(=O)C1(c2ccc(Br)cc2)CC1. The van der Waals surface area contributed by atoms with Crippen LogP contribution >= 0.6 is 15.9 Å². The van der Waals surface area contributed by atoms with Crippen LogP contribution in [0.3, 0.4) is 0 Å². The van der Waals surface area contributed by atoms with Gasteiger partial charge in [-0.05, 0) is 50.3 Å². The summed E-state index contributed by atoms with van der Waals surface area (Å²) in [5, 5.41) is 11.7. The minimum Gasteiger partial charge on any atom is -0.481 e. The third kappa shape index (κ3) is 4.06. The number of carboxylic acids is 1. The minimum absolute atomic E-state index is 0.00442. The Morgan fingerprint density at radius 3 is 2.48 bits per heavy atom. The lowest BCUT2D eigenvalue weighted by Crippen LogP contribution is -2.40. The third-order valence-electron chi connectivity index (χ3n) is 3.99. The van der Waals surface area contributed by atoms with Gasteiger partial charge < -0.3 is 10.4 Å². The Labute approximate surface area is 133 Å². The van der Waals surface area contributed by atoms with E-state index in [1.165, 1.54) is 0 Å². The molecule has 114 valence electrons. The molecule has 0 aliphatic heterocycles. The van der Waals surface area contributed by atoms with Crippen LogP contribution < -0.4 is 5.32 Å². The average molecular weight is 354 g/mol. The Hall–Kier alpha value is -1.36. The molecule has 1 unspecified atom stereocenters. The molecule has 1 aliphatic rings.